The van der Waals surface area contributed by atoms with Crippen LogP contribution in [-0.2, 0) is 9.53 Å². The maximum atomic E-state index is 10.8. The number of carbonyl (C=O) groups excluding carboxylic acids is 2. The van der Waals surface area contributed by atoms with Crippen molar-refractivity contribution in [3.63, 3.8) is 0 Å². The number of primary amides is 1. The Morgan fingerprint density at radius 2 is 2.45 bits per heavy atom. The molecule has 1 fully saturated rings. The Hall–Kier alpha value is -1.26. The van der Waals surface area contributed by atoms with Crippen molar-refractivity contribution in [3.8, 4) is 0 Å². The van der Waals surface area contributed by atoms with Crippen LogP contribution >= 0.6 is 0 Å². The monoisotopic (exact) mass is 158 g/mol. The minimum Gasteiger partial charge on any atom is -0.464 e. The number of nitrogens with one attached hydrogen (secondary N) is 1. The number of urea groups is 1. The topological polar surface area (TPSA) is 81.4 Å². The Bertz CT molecular complexity index is 181. The summed E-state index contributed by atoms with van der Waals surface area (Å²) in [5.41, 5.74) is 4.83. The predicted molar refractivity (Wildman–Crippen MR) is 36.7 cm³/mol. The Balaban J connectivity index is 2.42. The molecule has 0 radical (unpaired) electrons. The highest BCUT2D eigenvalue weighted by molar-refractivity contribution is 5.83. The molecule has 0 aromatic carbocycles. The van der Waals surface area contributed by atoms with E-state index >= 15 is 0 Å². The molecule has 0 saturated carbocycles. The molecule has 11 heavy (non-hydrogen) atoms. The lowest BCUT2D eigenvalue weighted by Gasteiger charge is -2.20. The van der Waals surface area contributed by atoms with Crippen LogP contribution in [0.1, 0.15) is 12.8 Å². The van der Waals surface area contributed by atoms with Crippen molar-refractivity contribution < 1.29 is 14.3 Å². The summed E-state index contributed by atoms with van der Waals surface area (Å²) in [6.07, 6.45) is 1.39. The molecule has 0 aliphatic carbocycles. The fourth-order valence-electron chi connectivity index (χ4n) is 0.981. The maximum absolute atomic E-state index is 10.8. The first-order valence-electron chi connectivity index (χ1n) is 3.43. The number of hydrogen-bond acceptors (Lipinski definition) is 3. The average molecular weight is 158 g/mol. The zero-order valence-corrected chi connectivity index (χ0v) is 6.00. The van der Waals surface area contributed by atoms with Crippen molar-refractivity contribution in [2.24, 2.45) is 5.73 Å². The lowest BCUT2D eigenvalue weighted by Crippen LogP contribution is -2.46. The van der Waals surface area contributed by atoms with Gasteiger partial charge in [0.25, 0.3) is 0 Å². The van der Waals surface area contributed by atoms with Crippen LogP contribution in [0.15, 0.2) is 0 Å². The van der Waals surface area contributed by atoms with E-state index in [0.717, 1.165) is 6.42 Å². The first-order chi connectivity index (χ1) is 5.20. The highest BCUT2D eigenvalue weighted by Crippen LogP contribution is 2.06. The Morgan fingerprint density at radius 3 is 3.00 bits per heavy atom. The van der Waals surface area contributed by atoms with Crippen LogP contribution in [0.5, 0.6) is 0 Å². The van der Waals surface area contributed by atoms with E-state index in [4.69, 9.17) is 5.73 Å². The molecule has 0 bridgehead atoms. The van der Waals surface area contributed by atoms with Crippen LogP contribution in [0.3, 0.4) is 0 Å². The summed E-state index contributed by atoms with van der Waals surface area (Å²) >= 11 is 0. The van der Waals surface area contributed by atoms with Gasteiger partial charge in [-0.1, -0.05) is 0 Å². The van der Waals surface area contributed by atoms with Gasteiger partial charge in [-0.3, -0.25) is 0 Å². The Morgan fingerprint density at radius 1 is 1.73 bits per heavy atom. The number of nitrogens with two attached hydrogens (primary N) is 1. The van der Waals surface area contributed by atoms with Gasteiger partial charge in [0.1, 0.15) is 6.04 Å². The molecule has 1 unspecified atom stereocenters. The highest BCUT2D eigenvalue weighted by Gasteiger charge is 2.24. The van der Waals surface area contributed by atoms with Gasteiger partial charge in [0.05, 0.1) is 6.61 Å². The second-order valence-corrected chi connectivity index (χ2v) is 2.37. The summed E-state index contributed by atoms with van der Waals surface area (Å²) in [5.74, 6) is -0.393. The van der Waals surface area contributed by atoms with Gasteiger partial charge in [-0.25, -0.2) is 9.59 Å². The van der Waals surface area contributed by atoms with Gasteiger partial charge < -0.3 is 15.8 Å². The number of rotatable bonds is 1. The fourth-order valence-corrected chi connectivity index (χ4v) is 0.981. The molecule has 0 spiro atoms. The van der Waals surface area contributed by atoms with Crippen LogP contribution in [0.2, 0.25) is 0 Å². The number of hydrogen-bond donors (Lipinski definition) is 2. The second kappa shape index (κ2) is 3.23. The summed E-state index contributed by atoms with van der Waals surface area (Å²) in [5, 5.41) is 2.30. The largest absolute Gasteiger partial charge is 0.464 e. The van der Waals surface area contributed by atoms with Crippen molar-refractivity contribution in [2.45, 2.75) is 18.9 Å². The van der Waals surface area contributed by atoms with Gasteiger partial charge in [0.15, 0.2) is 0 Å². The molecule has 0 aromatic rings. The number of amides is 2. The van der Waals surface area contributed by atoms with Crippen molar-refractivity contribution in [3.05, 3.63) is 0 Å². The molecule has 5 nitrogen and oxygen atoms in total. The van der Waals surface area contributed by atoms with E-state index in [1.165, 1.54) is 0 Å². The molecule has 3 N–H and O–H groups in total. The minimum atomic E-state index is -0.686. The zero-order valence-electron chi connectivity index (χ0n) is 6.00. The normalized spacial score (nSPS) is 24.0. The van der Waals surface area contributed by atoms with E-state index < -0.39 is 18.0 Å². The predicted octanol–water partition coefficient (Wildman–Crippen LogP) is -0.640. The molecule has 1 atom stereocenters. The molecule has 1 heterocycles. The van der Waals surface area contributed by atoms with Crippen LogP contribution in [0.25, 0.3) is 0 Å². The van der Waals surface area contributed by atoms with Gasteiger partial charge in [0.2, 0.25) is 0 Å². The zero-order chi connectivity index (χ0) is 8.27. The fraction of sp³-hybridized carbons (Fsp3) is 0.667. The lowest BCUT2D eigenvalue weighted by atomic mass is 10.1. The summed E-state index contributed by atoms with van der Waals surface area (Å²) in [6, 6.07) is -1.23. The van der Waals surface area contributed by atoms with Crippen molar-refractivity contribution in [1.82, 2.24) is 5.32 Å². The van der Waals surface area contributed by atoms with E-state index in [0.29, 0.717) is 13.0 Å². The van der Waals surface area contributed by atoms with Crippen LogP contribution in [0, 0.1) is 0 Å². The molecule has 1 aliphatic heterocycles. The lowest BCUT2D eigenvalue weighted by molar-refractivity contribution is -0.149. The Kier molecular flexibility index (Phi) is 2.30. The van der Waals surface area contributed by atoms with Gasteiger partial charge in [-0.05, 0) is 12.8 Å². The van der Waals surface area contributed by atoms with Crippen molar-refractivity contribution in [2.75, 3.05) is 6.61 Å². The van der Waals surface area contributed by atoms with Crippen LogP contribution < -0.4 is 11.1 Å². The summed E-state index contributed by atoms with van der Waals surface area (Å²) in [4.78, 5) is 21.2. The summed E-state index contributed by atoms with van der Waals surface area (Å²) in [7, 11) is 0. The number of carbonyl (C=O) groups is 2. The third-order valence-corrected chi connectivity index (χ3v) is 1.48. The van der Waals surface area contributed by atoms with E-state index in [2.05, 4.69) is 10.1 Å². The van der Waals surface area contributed by atoms with Crippen molar-refractivity contribution in [1.29, 1.82) is 0 Å². The van der Waals surface area contributed by atoms with Crippen LogP contribution in [-0.4, -0.2) is 24.6 Å². The van der Waals surface area contributed by atoms with E-state index in [-0.39, 0.29) is 0 Å². The Labute approximate surface area is 63.9 Å². The number of ether oxygens (including phenoxy) is 1. The molecular formula is C6H10N2O3. The van der Waals surface area contributed by atoms with E-state index in [9.17, 15) is 9.59 Å². The smallest absolute Gasteiger partial charge is 0.328 e. The third kappa shape index (κ3) is 2.10. The highest BCUT2D eigenvalue weighted by atomic mass is 16.5. The van der Waals surface area contributed by atoms with Gasteiger partial charge in [-0.2, -0.15) is 0 Å². The van der Waals surface area contributed by atoms with Crippen molar-refractivity contribution >= 4 is 12.0 Å². The standard InChI is InChI=1S/C6H10N2O3/c7-6(10)8-4-2-1-3-11-5(4)9/h4H,1-3H2,(H3,7,8,10). The molecule has 1 aliphatic rings. The SMILES string of the molecule is NC(=O)NC1CCCOC1=O. The molecule has 0 aromatic heterocycles. The van der Waals surface area contributed by atoms with E-state index in [1.54, 1.807) is 0 Å². The number of cyclic esters (lactones) is 1. The van der Waals surface area contributed by atoms with E-state index in [1.807, 2.05) is 0 Å². The first kappa shape index (κ1) is 7.84. The second-order valence-electron chi connectivity index (χ2n) is 2.37. The molecule has 5 heteroatoms. The average Bonchev–Trinajstić information content (AvgIpc) is 1.93. The van der Waals surface area contributed by atoms with Gasteiger partial charge >= 0.3 is 12.0 Å². The molecule has 1 saturated heterocycles. The van der Waals surface area contributed by atoms with Gasteiger partial charge in [0, 0.05) is 0 Å². The van der Waals surface area contributed by atoms with Gasteiger partial charge in [-0.15, -0.1) is 0 Å². The third-order valence-electron chi connectivity index (χ3n) is 1.48. The maximum Gasteiger partial charge on any atom is 0.328 e. The first-order valence-corrected chi connectivity index (χ1v) is 3.43. The minimum absolute atomic E-state index is 0.393. The quantitative estimate of drug-likeness (QED) is 0.498. The summed E-state index contributed by atoms with van der Waals surface area (Å²) in [6.45, 7) is 0.440. The molecule has 62 valence electrons. The summed E-state index contributed by atoms with van der Waals surface area (Å²) < 4.78 is 4.68. The molecule has 1 rings (SSSR count). The van der Waals surface area contributed by atoms with Crippen LogP contribution in [0.4, 0.5) is 4.79 Å². The molecule has 2 amide bonds. The number of esters is 1. The molecular weight excluding hydrogens is 148 g/mol.